The maximum atomic E-state index is 8.66. The average molecular weight is 293 g/mol. The van der Waals surface area contributed by atoms with Crippen molar-refractivity contribution in [3.8, 4) is 0 Å². The summed E-state index contributed by atoms with van der Waals surface area (Å²) < 4.78 is 0. The zero-order valence-corrected chi connectivity index (χ0v) is 11.6. The van der Waals surface area contributed by atoms with E-state index >= 15 is 0 Å². The second-order valence-corrected chi connectivity index (χ2v) is 4.81. The smallest absolute Gasteiger partial charge is 0.137 e. The van der Waals surface area contributed by atoms with E-state index in [4.69, 9.17) is 28.9 Å². The molecule has 0 saturated carbocycles. The number of thiocarbonyl (C=S) groups is 1. The van der Waals surface area contributed by atoms with Gasteiger partial charge in [-0.15, -0.1) is 0 Å². The Labute approximate surface area is 121 Å². The van der Waals surface area contributed by atoms with E-state index < -0.39 is 0 Å². The third-order valence-corrected chi connectivity index (χ3v) is 3.07. The molecule has 0 unspecified atom stereocenters. The van der Waals surface area contributed by atoms with Crippen molar-refractivity contribution in [1.82, 2.24) is 5.32 Å². The number of benzene rings is 2. The average Bonchev–Trinajstić information content (AvgIpc) is 2.45. The van der Waals surface area contributed by atoms with Crippen molar-refractivity contribution in [3.63, 3.8) is 0 Å². The fourth-order valence-electron chi connectivity index (χ4n) is 1.74. The summed E-state index contributed by atoms with van der Waals surface area (Å²) in [5, 5.41) is 17.0. The Hall–Kier alpha value is -1.78. The number of aliphatic hydroxyl groups excluding tert-OH is 1. The first-order valence-electron chi connectivity index (χ1n) is 5.72. The van der Waals surface area contributed by atoms with Crippen LogP contribution >= 0.6 is 23.8 Å². The Kier molecular flexibility index (Phi) is 4.60. The molecule has 0 radical (unpaired) electrons. The lowest BCUT2D eigenvalue weighted by molar-refractivity contribution is 0.467. The highest BCUT2D eigenvalue weighted by molar-refractivity contribution is 7.80. The van der Waals surface area contributed by atoms with Crippen molar-refractivity contribution in [2.75, 3.05) is 11.9 Å². The standard InChI is InChI=1S/C14H13ClN2OS/c15-13(9-18)16-8-14(19)17-12-7-3-5-10-4-1-2-6-11(10)12/h1-7,9,16,18H,8H2,(H,17,19)/b13-9+. The summed E-state index contributed by atoms with van der Waals surface area (Å²) in [5.41, 5.74) is 0.953. The zero-order chi connectivity index (χ0) is 13.7. The van der Waals surface area contributed by atoms with E-state index in [0.29, 0.717) is 11.5 Å². The van der Waals surface area contributed by atoms with Crippen LogP contribution in [0.1, 0.15) is 0 Å². The first-order chi connectivity index (χ1) is 9.20. The first-order valence-corrected chi connectivity index (χ1v) is 6.50. The summed E-state index contributed by atoms with van der Waals surface area (Å²) >= 11 is 10.8. The normalized spacial score (nSPS) is 11.3. The van der Waals surface area contributed by atoms with Gasteiger partial charge >= 0.3 is 0 Å². The molecule has 3 N–H and O–H groups in total. The van der Waals surface area contributed by atoms with Crippen LogP contribution in [0.15, 0.2) is 53.9 Å². The van der Waals surface area contributed by atoms with Gasteiger partial charge in [0.15, 0.2) is 0 Å². The predicted molar refractivity (Wildman–Crippen MR) is 84.7 cm³/mol. The van der Waals surface area contributed by atoms with Crippen LogP contribution in [0.4, 0.5) is 5.69 Å². The lowest BCUT2D eigenvalue weighted by Crippen LogP contribution is -2.24. The maximum absolute atomic E-state index is 8.66. The highest BCUT2D eigenvalue weighted by atomic mass is 35.5. The Morgan fingerprint density at radius 2 is 1.95 bits per heavy atom. The number of rotatable bonds is 4. The molecule has 0 fully saturated rings. The third kappa shape index (κ3) is 3.59. The number of hydrogen-bond donors (Lipinski definition) is 3. The molecule has 2 aromatic carbocycles. The van der Waals surface area contributed by atoms with E-state index in [1.807, 2.05) is 42.5 Å². The molecule has 2 aromatic rings. The van der Waals surface area contributed by atoms with Gasteiger partial charge in [-0.1, -0.05) is 60.2 Å². The summed E-state index contributed by atoms with van der Waals surface area (Å²) in [6.45, 7) is 0.356. The number of aliphatic hydroxyl groups is 1. The number of fused-ring (bicyclic) bond motifs is 1. The van der Waals surface area contributed by atoms with E-state index in [1.165, 1.54) is 0 Å². The Morgan fingerprint density at radius 3 is 2.74 bits per heavy atom. The summed E-state index contributed by atoms with van der Waals surface area (Å²) in [6.07, 6.45) is 0.794. The van der Waals surface area contributed by atoms with Gasteiger partial charge in [-0.25, -0.2) is 0 Å². The second kappa shape index (κ2) is 6.41. The lowest BCUT2D eigenvalue weighted by atomic mass is 10.1. The summed E-state index contributed by atoms with van der Waals surface area (Å²) in [5.74, 6) is 0. The van der Waals surface area contributed by atoms with E-state index in [1.54, 1.807) is 0 Å². The Morgan fingerprint density at radius 1 is 1.21 bits per heavy atom. The lowest BCUT2D eigenvalue weighted by Gasteiger charge is -2.11. The number of nitrogens with one attached hydrogen (secondary N) is 2. The molecule has 0 bridgehead atoms. The molecule has 0 atom stereocenters. The molecular formula is C14H13ClN2OS. The van der Waals surface area contributed by atoms with Crippen molar-refractivity contribution in [2.45, 2.75) is 0 Å². The molecule has 0 aliphatic heterocycles. The van der Waals surface area contributed by atoms with E-state index in [-0.39, 0.29) is 5.16 Å². The molecule has 2 rings (SSSR count). The highest BCUT2D eigenvalue weighted by Crippen LogP contribution is 2.22. The predicted octanol–water partition coefficient (Wildman–Crippen LogP) is 3.76. The molecule has 3 nitrogen and oxygen atoms in total. The minimum atomic E-state index is 0.155. The van der Waals surface area contributed by atoms with Gasteiger partial charge in [0.05, 0.1) is 11.5 Å². The Balaban J connectivity index is 2.11. The number of anilines is 1. The first kappa shape index (κ1) is 13.6. The van der Waals surface area contributed by atoms with Crippen LogP contribution in [0, 0.1) is 0 Å². The molecular weight excluding hydrogens is 280 g/mol. The number of hydrogen-bond acceptors (Lipinski definition) is 3. The van der Waals surface area contributed by atoms with Gasteiger partial charge in [0, 0.05) is 11.1 Å². The van der Waals surface area contributed by atoms with E-state index in [9.17, 15) is 0 Å². The molecule has 0 spiro atoms. The van der Waals surface area contributed by atoms with Crippen LogP contribution in [-0.2, 0) is 0 Å². The number of halogens is 1. The highest BCUT2D eigenvalue weighted by Gasteiger charge is 2.02. The van der Waals surface area contributed by atoms with Crippen LogP contribution in [0.3, 0.4) is 0 Å². The van der Waals surface area contributed by atoms with Crippen molar-refractivity contribution in [3.05, 3.63) is 53.9 Å². The van der Waals surface area contributed by atoms with Crippen molar-refractivity contribution in [2.24, 2.45) is 0 Å². The van der Waals surface area contributed by atoms with Gasteiger partial charge in [-0.3, -0.25) is 0 Å². The van der Waals surface area contributed by atoms with Crippen molar-refractivity contribution < 1.29 is 5.11 Å². The summed E-state index contributed by atoms with van der Waals surface area (Å²) in [6, 6.07) is 14.1. The molecule has 5 heteroatoms. The quantitative estimate of drug-likeness (QED) is 0.456. The third-order valence-electron chi connectivity index (χ3n) is 2.59. The zero-order valence-electron chi connectivity index (χ0n) is 10.1. The van der Waals surface area contributed by atoms with Crippen molar-refractivity contribution >= 4 is 45.3 Å². The van der Waals surface area contributed by atoms with Gasteiger partial charge in [0.25, 0.3) is 0 Å². The molecule has 0 amide bonds. The SMILES string of the molecule is O/C=C(\Cl)NCC(=S)Nc1cccc2ccccc12. The maximum Gasteiger partial charge on any atom is 0.137 e. The van der Waals surface area contributed by atoms with Crippen LogP contribution in [0.25, 0.3) is 10.8 Å². The van der Waals surface area contributed by atoms with Crippen LogP contribution in [0.5, 0.6) is 0 Å². The van der Waals surface area contributed by atoms with Gasteiger partial charge in [-0.2, -0.15) is 0 Å². The molecule has 0 aliphatic rings. The van der Waals surface area contributed by atoms with Gasteiger partial charge in [-0.05, 0) is 11.5 Å². The van der Waals surface area contributed by atoms with Gasteiger partial charge in [0.2, 0.25) is 0 Å². The summed E-state index contributed by atoms with van der Waals surface area (Å²) in [7, 11) is 0. The molecule has 0 aliphatic carbocycles. The van der Waals surface area contributed by atoms with Crippen LogP contribution in [0.2, 0.25) is 0 Å². The fraction of sp³-hybridized carbons (Fsp3) is 0.0714. The van der Waals surface area contributed by atoms with E-state index in [2.05, 4.69) is 10.6 Å². The minimum absolute atomic E-state index is 0.155. The molecule has 0 aromatic heterocycles. The topological polar surface area (TPSA) is 44.3 Å². The Bertz CT molecular complexity index is 622. The monoisotopic (exact) mass is 292 g/mol. The van der Waals surface area contributed by atoms with Gasteiger partial charge < -0.3 is 15.7 Å². The molecule has 0 saturated heterocycles. The van der Waals surface area contributed by atoms with Crippen molar-refractivity contribution in [1.29, 1.82) is 0 Å². The molecule has 98 valence electrons. The molecule has 0 heterocycles. The van der Waals surface area contributed by atoms with E-state index in [0.717, 1.165) is 22.7 Å². The molecule has 19 heavy (non-hydrogen) atoms. The fourth-order valence-corrected chi connectivity index (χ4v) is 1.99. The van der Waals surface area contributed by atoms with Gasteiger partial charge in [0.1, 0.15) is 11.4 Å². The van der Waals surface area contributed by atoms with Crippen LogP contribution in [-0.4, -0.2) is 16.6 Å². The second-order valence-electron chi connectivity index (χ2n) is 3.91. The summed E-state index contributed by atoms with van der Waals surface area (Å²) in [4.78, 5) is 0.594. The van der Waals surface area contributed by atoms with Crippen LogP contribution < -0.4 is 10.6 Å². The largest absolute Gasteiger partial charge is 0.512 e. The minimum Gasteiger partial charge on any atom is -0.512 e.